The molecule has 0 aliphatic heterocycles. The molecular weight excluding hydrogens is 383 g/mol. The van der Waals surface area contributed by atoms with E-state index in [0.29, 0.717) is 23.0 Å². The molecule has 154 valence electrons. The SMILES string of the molecule is CC(C)[O][Al]([O]C(=O)c1ccc(C(C)C)cc1)[O]C(=O)c1ccc(C(C)C)cc1. The Morgan fingerprint density at radius 1 is 0.655 bits per heavy atom. The minimum atomic E-state index is -3.01. The standard InChI is InChI=1S/2C10H12O2.C3H7O.Al/c2*1-7(2)8-3-5-9(6-4-8)10(11)12;1-3(2)4;/h2*3-7H,1-2H3,(H,11,12);3H,1-2H3;/q;;-1;+3/p-2. The summed E-state index contributed by atoms with van der Waals surface area (Å²) in [5.41, 5.74) is 3.06. The highest BCUT2D eigenvalue weighted by Gasteiger charge is 2.44. The smallest absolute Gasteiger partial charge is 0.558 e. The van der Waals surface area contributed by atoms with Gasteiger partial charge in [0.25, 0.3) is 0 Å². The number of hydrogen-bond donors (Lipinski definition) is 0. The quantitative estimate of drug-likeness (QED) is 0.547. The van der Waals surface area contributed by atoms with Crippen LogP contribution in [0.2, 0.25) is 0 Å². The summed E-state index contributed by atoms with van der Waals surface area (Å²) in [4.78, 5) is 25.0. The van der Waals surface area contributed by atoms with Crippen LogP contribution in [0.5, 0.6) is 0 Å². The highest BCUT2D eigenvalue weighted by Crippen LogP contribution is 2.17. The molecule has 0 unspecified atom stereocenters. The second-order valence-corrected chi connectivity index (χ2v) is 9.16. The molecule has 0 radical (unpaired) electrons. The summed E-state index contributed by atoms with van der Waals surface area (Å²) >= 11 is -3.01. The van der Waals surface area contributed by atoms with Crippen LogP contribution in [0.3, 0.4) is 0 Å². The van der Waals surface area contributed by atoms with Crippen molar-refractivity contribution in [1.29, 1.82) is 0 Å². The lowest BCUT2D eigenvalue weighted by molar-refractivity contribution is 0.0396. The summed E-state index contributed by atoms with van der Waals surface area (Å²) in [6, 6.07) is 14.4. The van der Waals surface area contributed by atoms with Gasteiger partial charge in [0.05, 0.1) is 11.1 Å². The molecule has 0 N–H and O–H groups in total. The highest BCUT2D eigenvalue weighted by molar-refractivity contribution is 6.43. The predicted octanol–water partition coefficient (Wildman–Crippen LogP) is 5.36. The first-order valence-electron chi connectivity index (χ1n) is 9.94. The van der Waals surface area contributed by atoms with Crippen LogP contribution in [0.15, 0.2) is 48.5 Å². The molecular formula is C23H29AlO5. The third-order valence-electron chi connectivity index (χ3n) is 4.42. The molecule has 0 saturated heterocycles. The normalized spacial score (nSPS) is 11.1. The Morgan fingerprint density at radius 2 is 1.00 bits per heavy atom. The van der Waals surface area contributed by atoms with Crippen molar-refractivity contribution in [2.24, 2.45) is 0 Å². The average molecular weight is 412 g/mol. The summed E-state index contributed by atoms with van der Waals surface area (Å²) in [7, 11) is 0. The second-order valence-electron chi connectivity index (χ2n) is 7.84. The molecule has 29 heavy (non-hydrogen) atoms. The summed E-state index contributed by atoms with van der Waals surface area (Å²) in [6.45, 7) is 11.9. The monoisotopic (exact) mass is 412 g/mol. The number of carbonyl (C=O) groups excluding carboxylic acids is 2. The minimum Gasteiger partial charge on any atom is -0.558 e. The molecule has 0 aromatic heterocycles. The van der Waals surface area contributed by atoms with E-state index >= 15 is 0 Å². The van der Waals surface area contributed by atoms with Gasteiger partial charge in [-0.25, -0.2) is 9.59 Å². The van der Waals surface area contributed by atoms with Gasteiger partial charge in [0.15, 0.2) is 0 Å². The Kier molecular flexibility index (Phi) is 8.46. The van der Waals surface area contributed by atoms with Crippen LogP contribution in [0.4, 0.5) is 0 Å². The molecule has 2 aromatic carbocycles. The summed E-state index contributed by atoms with van der Waals surface area (Å²) in [5.74, 6) is -0.370. The first-order chi connectivity index (χ1) is 13.7. The van der Waals surface area contributed by atoms with E-state index in [9.17, 15) is 9.59 Å². The molecule has 2 aromatic rings. The van der Waals surface area contributed by atoms with Gasteiger partial charge in [-0.15, -0.1) is 0 Å². The Hall–Kier alpha value is -2.13. The van der Waals surface area contributed by atoms with E-state index in [2.05, 4.69) is 27.7 Å². The third kappa shape index (κ3) is 7.01. The van der Waals surface area contributed by atoms with Crippen molar-refractivity contribution in [1.82, 2.24) is 0 Å². The fourth-order valence-electron chi connectivity index (χ4n) is 2.62. The maximum atomic E-state index is 12.5. The zero-order valence-electron chi connectivity index (χ0n) is 18.0. The molecule has 6 heteroatoms. The first kappa shape index (κ1) is 23.2. The second kappa shape index (κ2) is 10.6. The van der Waals surface area contributed by atoms with Crippen LogP contribution in [0, 0.1) is 0 Å². The molecule has 0 spiro atoms. The molecule has 0 aliphatic carbocycles. The Labute approximate surface area is 178 Å². The molecule has 0 saturated carbocycles. The van der Waals surface area contributed by atoms with Crippen molar-refractivity contribution >= 4 is 27.1 Å². The van der Waals surface area contributed by atoms with Crippen molar-refractivity contribution in [3.05, 3.63) is 70.8 Å². The first-order valence-corrected chi connectivity index (χ1v) is 11.4. The molecule has 0 fully saturated rings. The van der Waals surface area contributed by atoms with Crippen LogP contribution in [-0.2, 0) is 11.4 Å². The van der Waals surface area contributed by atoms with Crippen molar-refractivity contribution in [3.63, 3.8) is 0 Å². The fourth-order valence-corrected chi connectivity index (χ4v) is 3.85. The maximum absolute atomic E-state index is 12.5. The van der Waals surface area contributed by atoms with Gasteiger partial charge in [-0.1, -0.05) is 52.0 Å². The number of carbonyl (C=O) groups is 2. The lowest BCUT2D eigenvalue weighted by Gasteiger charge is -2.16. The van der Waals surface area contributed by atoms with Gasteiger partial charge in [0.2, 0.25) is 0 Å². The minimum absolute atomic E-state index is 0.237. The summed E-state index contributed by atoms with van der Waals surface area (Å²) < 4.78 is 16.5. The van der Waals surface area contributed by atoms with Crippen LogP contribution >= 0.6 is 0 Å². The third-order valence-corrected chi connectivity index (χ3v) is 6.00. The van der Waals surface area contributed by atoms with Crippen LogP contribution in [-0.4, -0.2) is 33.2 Å². The van der Waals surface area contributed by atoms with E-state index in [4.69, 9.17) is 11.4 Å². The van der Waals surface area contributed by atoms with Crippen molar-refractivity contribution in [2.75, 3.05) is 0 Å². The van der Waals surface area contributed by atoms with Gasteiger partial charge in [0.1, 0.15) is 0 Å². The number of rotatable bonds is 8. The molecule has 0 bridgehead atoms. The zero-order chi connectivity index (χ0) is 21.6. The highest BCUT2D eigenvalue weighted by atomic mass is 27.3. The maximum Gasteiger partial charge on any atom is 1.10 e. The Morgan fingerprint density at radius 3 is 1.28 bits per heavy atom. The van der Waals surface area contributed by atoms with Gasteiger partial charge < -0.3 is 11.4 Å². The average Bonchev–Trinajstić information content (AvgIpc) is 2.67. The molecule has 0 heterocycles. The van der Waals surface area contributed by atoms with Crippen molar-refractivity contribution < 1.29 is 21.0 Å². The Bertz CT molecular complexity index is 745. The fraction of sp³-hybridized carbons (Fsp3) is 0.391. The predicted molar refractivity (Wildman–Crippen MR) is 114 cm³/mol. The van der Waals surface area contributed by atoms with Gasteiger partial charge in [0, 0.05) is 6.10 Å². The lowest BCUT2D eigenvalue weighted by Crippen LogP contribution is -2.35. The molecule has 5 nitrogen and oxygen atoms in total. The van der Waals surface area contributed by atoms with Gasteiger partial charge in [-0.2, -0.15) is 0 Å². The van der Waals surface area contributed by atoms with E-state index in [-0.39, 0.29) is 6.10 Å². The zero-order valence-corrected chi connectivity index (χ0v) is 19.1. The van der Waals surface area contributed by atoms with E-state index in [1.807, 2.05) is 24.3 Å². The van der Waals surface area contributed by atoms with E-state index in [0.717, 1.165) is 11.1 Å². The van der Waals surface area contributed by atoms with E-state index in [1.165, 1.54) is 0 Å². The van der Waals surface area contributed by atoms with Crippen LogP contribution in [0.25, 0.3) is 0 Å². The molecule has 0 amide bonds. The van der Waals surface area contributed by atoms with Gasteiger partial charge in [-0.3, -0.25) is 0 Å². The summed E-state index contributed by atoms with van der Waals surface area (Å²) in [6.07, 6.45) is -0.237. The van der Waals surface area contributed by atoms with Crippen molar-refractivity contribution in [3.8, 4) is 0 Å². The van der Waals surface area contributed by atoms with E-state index in [1.54, 1.807) is 38.1 Å². The topological polar surface area (TPSA) is 61.8 Å². The van der Waals surface area contributed by atoms with Gasteiger partial charge >= 0.3 is 27.1 Å². The van der Waals surface area contributed by atoms with Crippen LogP contribution < -0.4 is 0 Å². The van der Waals surface area contributed by atoms with Crippen LogP contribution in [0.1, 0.15) is 85.2 Å². The molecule has 2 rings (SSSR count). The number of hydrogen-bond acceptors (Lipinski definition) is 5. The molecule has 0 atom stereocenters. The Balaban J connectivity index is 2.07. The lowest BCUT2D eigenvalue weighted by atomic mass is 10.0. The molecule has 0 aliphatic rings. The summed E-state index contributed by atoms with van der Waals surface area (Å²) in [5, 5.41) is 0. The van der Waals surface area contributed by atoms with E-state index < -0.39 is 27.1 Å². The number of benzene rings is 2. The van der Waals surface area contributed by atoms with Gasteiger partial charge in [-0.05, 0) is 61.1 Å². The van der Waals surface area contributed by atoms with Crippen molar-refractivity contribution in [2.45, 2.75) is 59.5 Å². The largest absolute Gasteiger partial charge is 1.10 e.